The van der Waals surface area contributed by atoms with Gasteiger partial charge in [-0.1, -0.05) is 51.7 Å². The van der Waals surface area contributed by atoms with Gasteiger partial charge in [0.25, 0.3) is 14.2 Å². The number of nitrogens with zero attached hydrogens (tertiary/aromatic N) is 1. The summed E-state index contributed by atoms with van der Waals surface area (Å²) in [5.41, 5.74) is 4.03. The van der Waals surface area contributed by atoms with Crippen molar-refractivity contribution < 1.29 is 18.9 Å². The molecule has 0 unspecified atom stereocenters. The molecule has 0 spiro atoms. The number of para-hydroxylation sites is 1. The summed E-state index contributed by atoms with van der Waals surface area (Å²) in [6, 6.07) is 15.0. The van der Waals surface area contributed by atoms with E-state index in [1.165, 1.54) is 0 Å². The van der Waals surface area contributed by atoms with Gasteiger partial charge in [-0.15, -0.1) is 11.3 Å². The molecule has 0 radical (unpaired) electrons. The molecule has 188 valence electrons. The third kappa shape index (κ3) is 6.84. The topological polar surface area (TPSA) is 77.5 Å². The van der Waals surface area contributed by atoms with Crippen LogP contribution in [0.4, 0.5) is 0 Å². The van der Waals surface area contributed by atoms with E-state index in [0.717, 1.165) is 15.4 Å². The molecule has 0 saturated carbocycles. The second-order valence-corrected chi connectivity index (χ2v) is 15.6. The zero-order chi connectivity index (χ0) is 26.3. The maximum atomic E-state index is 13.0. The Bertz CT molecular complexity index is 1280. The summed E-state index contributed by atoms with van der Waals surface area (Å²) in [6.45, 7) is 12.5. The first-order chi connectivity index (χ1) is 17.0. The maximum Gasteiger partial charge on any atom is 0.332 e. The molecule has 1 N–H and O–H groups in total. The highest BCUT2D eigenvalue weighted by atomic mass is 32.1. The van der Waals surface area contributed by atoms with Gasteiger partial charge in [-0.25, -0.2) is 4.79 Å². The minimum absolute atomic E-state index is 0.0970. The van der Waals surface area contributed by atoms with Crippen LogP contribution in [0.25, 0.3) is 10.6 Å². The average Bonchev–Trinajstić information content (AvgIpc) is 3.31. The van der Waals surface area contributed by atoms with E-state index in [0.29, 0.717) is 17.7 Å². The van der Waals surface area contributed by atoms with Crippen molar-refractivity contribution in [3.05, 3.63) is 70.7 Å². The summed E-state index contributed by atoms with van der Waals surface area (Å²) in [5.74, 6) is 5.77. The first-order valence-corrected chi connectivity index (χ1v) is 15.6. The van der Waals surface area contributed by atoms with Crippen LogP contribution in [0.2, 0.25) is 18.1 Å². The molecule has 2 heterocycles. The van der Waals surface area contributed by atoms with E-state index < -0.39 is 20.2 Å². The minimum Gasteiger partial charge on any atom is -0.542 e. The predicted octanol–water partition coefficient (Wildman–Crippen LogP) is 6.58. The molecule has 0 atom stereocenters. The van der Waals surface area contributed by atoms with Crippen molar-refractivity contribution in [1.82, 2.24) is 10.5 Å². The van der Waals surface area contributed by atoms with Crippen molar-refractivity contribution in [3.63, 3.8) is 0 Å². The summed E-state index contributed by atoms with van der Waals surface area (Å²) >= 11 is 1.55. The number of nitrogens with one attached hydrogen (secondary N) is 1. The highest BCUT2D eigenvalue weighted by molar-refractivity contribution is 7.16. The fourth-order valence-electron chi connectivity index (χ4n) is 2.93. The van der Waals surface area contributed by atoms with Gasteiger partial charge in [-0.3, -0.25) is 9.78 Å². The fourth-order valence-corrected chi connectivity index (χ4v) is 4.80. The molecule has 0 saturated heterocycles. The Morgan fingerprint density at radius 1 is 1.06 bits per heavy atom. The van der Waals surface area contributed by atoms with Crippen LogP contribution in [-0.4, -0.2) is 25.2 Å². The number of thiophene rings is 1. The van der Waals surface area contributed by atoms with Gasteiger partial charge in [-0.05, 0) is 61.0 Å². The Hall–Kier alpha value is -3.41. The first kappa shape index (κ1) is 27.2. The van der Waals surface area contributed by atoms with E-state index in [2.05, 4.69) is 56.2 Å². The van der Waals surface area contributed by atoms with E-state index in [1.807, 2.05) is 43.3 Å². The van der Waals surface area contributed by atoms with Crippen LogP contribution in [-0.2, 0) is 9.63 Å². The van der Waals surface area contributed by atoms with Crippen LogP contribution >= 0.6 is 11.3 Å². The summed E-state index contributed by atoms with van der Waals surface area (Å²) < 4.78 is 6.60. The van der Waals surface area contributed by atoms with Crippen LogP contribution in [0.5, 0.6) is 5.75 Å². The fraction of sp³-hybridized carbons (Fsp3) is 0.321. The Labute approximate surface area is 218 Å². The Morgan fingerprint density at radius 3 is 2.50 bits per heavy atom. The molecule has 3 aromatic rings. The number of aromatic nitrogens is 1. The monoisotopic (exact) mass is 520 g/mol. The van der Waals surface area contributed by atoms with Crippen molar-refractivity contribution in [2.24, 2.45) is 0 Å². The smallest absolute Gasteiger partial charge is 0.332 e. The molecule has 3 rings (SSSR count). The third-order valence-corrected chi connectivity index (χ3v) is 11.3. The van der Waals surface area contributed by atoms with Crippen molar-refractivity contribution in [2.75, 3.05) is 0 Å². The Kier molecular flexibility index (Phi) is 8.72. The lowest BCUT2D eigenvalue weighted by Crippen LogP contribution is -2.44. The second-order valence-electron chi connectivity index (χ2n) is 9.83. The van der Waals surface area contributed by atoms with E-state index >= 15 is 0 Å². The zero-order valence-corrected chi connectivity index (χ0v) is 23.4. The van der Waals surface area contributed by atoms with E-state index in [1.54, 1.807) is 29.7 Å². The van der Waals surface area contributed by atoms with Crippen LogP contribution in [0.15, 0.2) is 54.7 Å². The number of hydrogen-bond donors (Lipinski definition) is 1. The Morgan fingerprint density at radius 2 is 1.83 bits per heavy atom. The molecule has 36 heavy (non-hydrogen) atoms. The maximum absolute atomic E-state index is 13.0. The van der Waals surface area contributed by atoms with Crippen LogP contribution < -0.4 is 9.91 Å². The van der Waals surface area contributed by atoms with E-state index in [9.17, 15) is 9.59 Å². The number of carbonyl (C=O) groups excluding carboxylic acids is 2. The summed E-state index contributed by atoms with van der Waals surface area (Å²) in [5, 5.41) is -0.0970. The van der Waals surface area contributed by atoms with Gasteiger partial charge >= 0.3 is 5.97 Å². The van der Waals surface area contributed by atoms with Gasteiger partial charge in [0.15, 0.2) is 0 Å². The minimum atomic E-state index is -2.32. The molecule has 2 aromatic heterocycles. The summed E-state index contributed by atoms with van der Waals surface area (Å²) in [4.78, 5) is 36.0. The average molecular weight is 521 g/mol. The number of hydroxylamine groups is 1. The molecule has 0 aliphatic rings. The number of benzene rings is 1. The molecule has 0 fully saturated rings. The lowest BCUT2D eigenvalue weighted by Gasteiger charge is -2.37. The van der Waals surface area contributed by atoms with E-state index in [-0.39, 0.29) is 17.0 Å². The lowest BCUT2D eigenvalue weighted by molar-refractivity contribution is -0.149. The molecule has 1 amide bonds. The molecular weight excluding hydrogens is 488 g/mol. The van der Waals surface area contributed by atoms with Crippen molar-refractivity contribution in [3.8, 4) is 28.2 Å². The van der Waals surface area contributed by atoms with Gasteiger partial charge in [0.1, 0.15) is 5.75 Å². The standard InChI is InChI=1S/C28H32N2O4SSi/c1-7-11-25(31)33-30-27(32)22-13-10-12-20(26(22)34-36(5,6)28(2,3)4)15-16-21-17-18-24(35-21)23-14-8-9-19-29-23/h8-10,12-14,17-19H,7,11H2,1-6H3,(H,30,32). The van der Waals surface area contributed by atoms with Gasteiger partial charge in [0, 0.05) is 12.6 Å². The molecule has 8 heteroatoms. The zero-order valence-electron chi connectivity index (χ0n) is 21.6. The van der Waals surface area contributed by atoms with Crippen molar-refractivity contribution in [1.29, 1.82) is 0 Å². The highest BCUT2D eigenvalue weighted by Crippen LogP contribution is 2.39. The van der Waals surface area contributed by atoms with Gasteiger partial charge in [0.05, 0.1) is 26.6 Å². The van der Waals surface area contributed by atoms with Crippen molar-refractivity contribution in [2.45, 2.75) is 58.7 Å². The second kappa shape index (κ2) is 11.5. The SMILES string of the molecule is CCCC(=O)ONC(=O)c1cccc(C#Cc2ccc(-c3ccccn3)s2)c1O[Si](C)(C)C(C)(C)C. The normalized spacial score (nSPS) is 11.3. The number of rotatable bonds is 6. The highest BCUT2D eigenvalue weighted by Gasteiger charge is 2.40. The number of pyridine rings is 1. The first-order valence-electron chi connectivity index (χ1n) is 11.9. The van der Waals surface area contributed by atoms with Gasteiger partial charge in [0.2, 0.25) is 0 Å². The molecule has 6 nitrogen and oxygen atoms in total. The molecular formula is C28H32N2O4SSi. The predicted molar refractivity (Wildman–Crippen MR) is 146 cm³/mol. The van der Waals surface area contributed by atoms with Crippen LogP contribution in [0.3, 0.4) is 0 Å². The summed E-state index contributed by atoms with van der Waals surface area (Å²) in [6.07, 6.45) is 2.62. The molecule has 1 aromatic carbocycles. The number of amides is 1. The van der Waals surface area contributed by atoms with Crippen LogP contribution in [0, 0.1) is 11.8 Å². The third-order valence-electron chi connectivity index (χ3n) is 5.98. The summed E-state index contributed by atoms with van der Waals surface area (Å²) in [7, 11) is -2.32. The van der Waals surface area contributed by atoms with Crippen LogP contribution in [0.1, 0.15) is 61.3 Å². The van der Waals surface area contributed by atoms with Crippen molar-refractivity contribution >= 4 is 31.5 Å². The largest absolute Gasteiger partial charge is 0.542 e. The molecule has 0 bridgehead atoms. The number of carbonyl (C=O) groups is 2. The number of hydrogen-bond acceptors (Lipinski definition) is 6. The Balaban J connectivity index is 1.97. The van der Waals surface area contributed by atoms with E-state index in [4.69, 9.17) is 9.26 Å². The van der Waals surface area contributed by atoms with Gasteiger partial charge < -0.3 is 9.26 Å². The lowest BCUT2D eigenvalue weighted by atomic mass is 10.1. The molecule has 0 aliphatic heterocycles. The molecule has 0 aliphatic carbocycles. The quantitative estimate of drug-likeness (QED) is 0.226. The van der Waals surface area contributed by atoms with Gasteiger partial charge in [-0.2, -0.15) is 5.48 Å².